The van der Waals surface area contributed by atoms with Crippen LogP contribution in [-0.4, -0.2) is 40.4 Å². The van der Waals surface area contributed by atoms with Crippen molar-refractivity contribution in [2.45, 2.75) is 38.6 Å². The van der Waals surface area contributed by atoms with Gasteiger partial charge < -0.3 is 14.6 Å². The lowest BCUT2D eigenvalue weighted by molar-refractivity contribution is -0.138. The fourth-order valence-electron chi connectivity index (χ4n) is 2.39. The van der Waals surface area contributed by atoms with Crippen LogP contribution in [0, 0.1) is 0 Å². The third-order valence-corrected chi connectivity index (χ3v) is 3.39. The van der Waals surface area contributed by atoms with Gasteiger partial charge in [-0.2, -0.15) is 0 Å². The van der Waals surface area contributed by atoms with Crippen molar-refractivity contribution in [3.05, 3.63) is 35.9 Å². The highest BCUT2D eigenvalue weighted by atomic mass is 16.6. The molecule has 1 aromatic rings. The predicted molar refractivity (Wildman–Crippen MR) is 74.5 cm³/mol. The Kier molecular flexibility index (Phi) is 4.47. The zero-order valence-corrected chi connectivity index (χ0v) is 12.1. The van der Waals surface area contributed by atoms with Crippen LogP contribution in [0.4, 0.5) is 4.79 Å². The molecule has 114 valence electrons. The molecular weight excluding hydrogens is 274 g/mol. The molecule has 0 radical (unpaired) electrons. The minimum Gasteiger partial charge on any atom is -0.481 e. The van der Waals surface area contributed by atoms with E-state index in [4.69, 9.17) is 14.6 Å². The largest absolute Gasteiger partial charge is 0.481 e. The topological polar surface area (TPSA) is 76.1 Å². The van der Waals surface area contributed by atoms with Crippen molar-refractivity contribution < 1.29 is 24.2 Å². The summed E-state index contributed by atoms with van der Waals surface area (Å²) < 4.78 is 10.8. The first-order valence-corrected chi connectivity index (χ1v) is 6.76. The molecule has 1 aromatic carbocycles. The summed E-state index contributed by atoms with van der Waals surface area (Å²) in [5.74, 6) is -0.970. The normalized spacial score (nSPS) is 20.3. The molecule has 0 bridgehead atoms. The van der Waals surface area contributed by atoms with Crippen LogP contribution in [0.3, 0.4) is 0 Å². The average molecular weight is 293 g/mol. The Morgan fingerprint density at radius 2 is 2.05 bits per heavy atom. The summed E-state index contributed by atoms with van der Waals surface area (Å²) in [4.78, 5) is 24.5. The number of nitrogens with zero attached hydrogens (tertiary/aromatic N) is 1. The number of hydrogen-bond acceptors (Lipinski definition) is 4. The lowest BCUT2D eigenvalue weighted by Crippen LogP contribution is -2.48. The van der Waals surface area contributed by atoms with Crippen molar-refractivity contribution in [1.82, 2.24) is 4.90 Å². The maximum absolute atomic E-state index is 12.3. The third kappa shape index (κ3) is 3.72. The van der Waals surface area contributed by atoms with Gasteiger partial charge in [-0.3, -0.25) is 9.69 Å². The third-order valence-electron chi connectivity index (χ3n) is 3.39. The van der Waals surface area contributed by atoms with Crippen molar-refractivity contribution in [3.8, 4) is 0 Å². The number of carbonyl (C=O) groups is 2. The van der Waals surface area contributed by atoms with Crippen LogP contribution in [-0.2, 0) is 20.9 Å². The van der Waals surface area contributed by atoms with Crippen LogP contribution >= 0.6 is 0 Å². The number of benzene rings is 1. The highest BCUT2D eigenvalue weighted by Crippen LogP contribution is 2.29. The standard InChI is InChI=1S/C15H19NO5/c1-15(2)16(12(10-21-15)8-13(17)18)14(19)20-9-11-6-4-3-5-7-11/h3-7,12H,8-10H2,1-2H3,(H,17,18). The molecule has 0 saturated carbocycles. The van der Waals surface area contributed by atoms with Crippen LogP contribution in [0.15, 0.2) is 30.3 Å². The van der Waals surface area contributed by atoms with Crippen molar-refractivity contribution in [1.29, 1.82) is 0 Å². The lowest BCUT2D eigenvalue weighted by atomic mass is 10.1. The van der Waals surface area contributed by atoms with E-state index >= 15 is 0 Å². The number of rotatable bonds is 4. The van der Waals surface area contributed by atoms with Gasteiger partial charge in [0.2, 0.25) is 0 Å². The molecule has 6 heteroatoms. The Morgan fingerprint density at radius 3 is 2.67 bits per heavy atom. The summed E-state index contributed by atoms with van der Waals surface area (Å²) in [6.45, 7) is 3.78. The number of aliphatic carboxylic acids is 1. The molecular formula is C15H19NO5. The number of ether oxygens (including phenoxy) is 2. The SMILES string of the molecule is CC1(C)OCC(CC(=O)O)N1C(=O)OCc1ccccc1. The molecule has 1 N–H and O–H groups in total. The van der Waals surface area contributed by atoms with E-state index in [1.807, 2.05) is 30.3 Å². The van der Waals surface area contributed by atoms with Crippen LogP contribution in [0.25, 0.3) is 0 Å². The Bertz CT molecular complexity index is 514. The first kappa shape index (κ1) is 15.3. The summed E-state index contributed by atoms with van der Waals surface area (Å²) in [7, 11) is 0. The molecule has 1 aliphatic heterocycles. The Labute approximate surface area is 123 Å². The lowest BCUT2D eigenvalue weighted by Gasteiger charge is -2.32. The quantitative estimate of drug-likeness (QED) is 0.921. The Morgan fingerprint density at radius 1 is 1.38 bits per heavy atom. The fraction of sp³-hybridized carbons (Fsp3) is 0.467. The average Bonchev–Trinajstić information content (AvgIpc) is 2.71. The number of hydrogen-bond donors (Lipinski definition) is 1. The van der Waals surface area contributed by atoms with Crippen LogP contribution < -0.4 is 0 Å². The molecule has 21 heavy (non-hydrogen) atoms. The fourth-order valence-corrected chi connectivity index (χ4v) is 2.39. The first-order chi connectivity index (χ1) is 9.90. The summed E-state index contributed by atoms with van der Waals surface area (Å²) >= 11 is 0. The molecule has 2 rings (SSSR count). The highest BCUT2D eigenvalue weighted by Gasteiger charge is 2.45. The first-order valence-electron chi connectivity index (χ1n) is 6.76. The number of carbonyl (C=O) groups excluding carboxylic acids is 1. The van der Waals surface area contributed by atoms with Crippen molar-refractivity contribution >= 4 is 12.1 Å². The molecule has 6 nitrogen and oxygen atoms in total. The van der Waals surface area contributed by atoms with Gasteiger partial charge in [0.25, 0.3) is 0 Å². The van der Waals surface area contributed by atoms with Gasteiger partial charge in [-0.05, 0) is 19.4 Å². The van der Waals surface area contributed by atoms with E-state index in [1.54, 1.807) is 13.8 Å². The zero-order chi connectivity index (χ0) is 15.5. The molecule has 1 amide bonds. The second kappa shape index (κ2) is 6.13. The van der Waals surface area contributed by atoms with Gasteiger partial charge in [0, 0.05) is 0 Å². The second-order valence-corrected chi connectivity index (χ2v) is 5.42. The molecule has 0 spiro atoms. The second-order valence-electron chi connectivity index (χ2n) is 5.42. The van der Waals surface area contributed by atoms with Crippen molar-refractivity contribution in [3.63, 3.8) is 0 Å². The van der Waals surface area contributed by atoms with Gasteiger partial charge in [-0.25, -0.2) is 4.79 Å². The maximum atomic E-state index is 12.3. The van der Waals surface area contributed by atoms with Gasteiger partial charge in [-0.15, -0.1) is 0 Å². The molecule has 1 saturated heterocycles. The molecule has 1 aliphatic rings. The molecule has 0 aliphatic carbocycles. The predicted octanol–water partition coefficient (Wildman–Crippen LogP) is 2.23. The number of amides is 1. The van der Waals surface area contributed by atoms with E-state index < -0.39 is 23.8 Å². The smallest absolute Gasteiger partial charge is 0.412 e. The maximum Gasteiger partial charge on any atom is 0.412 e. The van der Waals surface area contributed by atoms with Crippen LogP contribution in [0.1, 0.15) is 25.8 Å². The molecule has 1 atom stereocenters. The molecule has 1 heterocycles. The Hall–Kier alpha value is -2.08. The van der Waals surface area contributed by atoms with E-state index in [0.717, 1.165) is 5.56 Å². The van der Waals surface area contributed by atoms with Crippen molar-refractivity contribution in [2.24, 2.45) is 0 Å². The van der Waals surface area contributed by atoms with Gasteiger partial charge in [0.15, 0.2) is 0 Å². The highest BCUT2D eigenvalue weighted by molar-refractivity contribution is 5.72. The molecule has 1 unspecified atom stereocenters. The monoisotopic (exact) mass is 293 g/mol. The van der Waals surface area contributed by atoms with E-state index in [2.05, 4.69) is 0 Å². The molecule has 1 fully saturated rings. The van der Waals surface area contributed by atoms with E-state index in [1.165, 1.54) is 4.90 Å². The summed E-state index contributed by atoms with van der Waals surface area (Å²) in [5.41, 5.74) is 0.00649. The van der Waals surface area contributed by atoms with Crippen molar-refractivity contribution in [2.75, 3.05) is 6.61 Å². The van der Waals surface area contributed by atoms with Gasteiger partial charge >= 0.3 is 12.1 Å². The minimum atomic E-state index is -0.970. The summed E-state index contributed by atoms with van der Waals surface area (Å²) in [6, 6.07) is 8.80. The number of carboxylic acid groups (broad SMARTS) is 1. The zero-order valence-electron chi connectivity index (χ0n) is 12.1. The van der Waals surface area contributed by atoms with E-state index in [9.17, 15) is 9.59 Å². The van der Waals surface area contributed by atoms with Crippen LogP contribution in [0.2, 0.25) is 0 Å². The minimum absolute atomic E-state index is 0.145. The number of carboxylic acids is 1. The van der Waals surface area contributed by atoms with Gasteiger partial charge in [-0.1, -0.05) is 30.3 Å². The molecule has 0 aromatic heterocycles. The Balaban J connectivity index is 2.02. The van der Waals surface area contributed by atoms with Crippen LogP contribution in [0.5, 0.6) is 0 Å². The van der Waals surface area contributed by atoms with Gasteiger partial charge in [0.05, 0.1) is 19.1 Å². The van der Waals surface area contributed by atoms with Gasteiger partial charge in [0.1, 0.15) is 12.3 Å². The summed E-state index contributed by atoms with van der Waals surface area (Å²) in [6.07, 6.45) is -0.725. The summed E-state index contributed by atoms with van der Waals surface area (Å²) in [5, 5.41) is 8.92. The van der Waals surface area contributed by atoms with E-state index in [-0.39, 0.29) is 19.6 Å². The van der Waals surface area contributed by atoms with E-state index in [0.29, 0.717) is 0 Å².